The fraction of sp³-hybridized carbons (Fsp3) is 0.167. The normalized spacial score (nSPS) is 11.4. The first-order valence-corrected chi connectivity index (χ1v) is 5.67. The van der Waals surface area contributed by atoms with Crippen LogP contribution in [-0.2, 0) is 4.79 Å². The standard InChI is InChI=1S/C9H7N.C3H7NO2S/c1-2-6-9-8(4-1)5-3-7-10-9;4-2(1-7)3(5)6/h1-7H;2,7H,1,4H2,(H,5,6). The van der Waals surface area contributed by atoms with Gasteiger partial charge in [-0.2, -0.15) is 12.6 Å². The summed E-state index contributed by atoms with van der Waals surface area (Å²) in [6.45, 7) is 0. The molecule has 0 fully saturated rings. The number of carboxylic acid groups (broad SMARTS) is 1. The molecular formula is C12H14N2O2S. The first-order valence-electron chi connectivity index (χ1n) is 5.04. The van der Waals surface area contributed by atoms with Crippen LogP contribution in [0.1, 0.15) is 0 Å². The molecule has 2 aromatic rings. The van der Waals surface area contributed by atoms with Crippen molar-refractivity contribution in [2.75, 3.05) is 5.75 Å². The van der Waals surface area contributed by atoms with Gasteiger partial charge in [-0.1, -0.05) is 24.3 Å². The van der Waals surface area contributed by atoms with Crippen LogP contribution >= 0.6 is 12.6 Å². The van der Waals surface area contributed by atoms with Crippen LogP contribution in [0.2, 0.25) is 0 Å². The van der Waals surface area contributed by atoms with Crippen molar-refractivity contribution in [2.24, 2.45) is 5.73 Å². The summed E-state index contributed by atoms with van der Waals surface area (Å²) in [5.74, 6) is -0.815. The van der Waals surface area contributed by atoms with E-state index in [2.05, 4.69) is 29.7 Å². The Morgan fingerprint density at radius 2 is 2.00 bits per heavy atom. The molecule has 0 saturated heterocycles. The lowest BCUT2D eigenvalue weighted by Crippen LogP contribution is -2.31. The second-order valence-electron chi connectivity index (χ2n) is 3.32. The third-order valence-electron chi connectivity index (χ3n) is 2.03. The molecule has 0 radical (unpaired) electrons. The highest BCUT2D eigenvalue weighted by Gasteiger charge is 2.06. The van der Waals surface area contributed by atoms with Gasteiger partial charge in [0.2, 0.25) is 0 Å². The second-order valence-corrected chi connectivity index (χ2v) is 3.69. The topological polar surface area (TPSA) is 76.2 Å². The Kier molecular flexibility index (Phi) is 5.45. The molecule has 4 nitrogen and oxygen atoms in total. The Hall–Kier alpha value is -1.59. The third kappa shape index (κ3) is 4.42. The Labute approximate surface area is 105 Å². The van der Waals surface area contributed by atoms with Crippen LogP contribution in [0.3, 0.4) is 0 Å². The maximum atomic E-state index is 9.76. The number of pyridine rings is 1. The molecule has 17 heavy (non-hydrogen) atoms. The van der Waals surface area contributed by atoms with Crippen LogP contribution in [0.5, 0.6) is 0 Å². The van der Waals surface area contributed by atoms with Gasteiger partial charge in [-0.3, -0.25) is 9.78 Å². The number of carbonyl (C=O) groups is 1. The van der Waals surface area contributed by atoms with Crippen molar-refractivity contribution in [2.45, 2.75) is 6.04 Å². The minimum atomic E-state index is -1.00. The van der Waals surface area contributed by atoms with E-state index in [1.807, 2.05) is 30.5 Å². The number of carboxylic acids is 1. The summed E-state index contributed by atoms with van der Waals surface area (Å²) in [6.07, 6.45) is 1.81. The molecule has 1 unspecified atom stereocenters. The molecule has 2 rings (SSSR count). The minimum absolute atomic E-state index is 0.190. The van der Waals surface area contributed by atoms with Gasteiger partial charge in [-0.05, 0) is 12.1 Å². The number of benzene rings is 1. The van der Waals surface area contributed by atoms with Gasteiger partial charge in [-0.15, -0.1) is 0 Å². The van der Waals surface area contributed by atoms with Crippen molar-refractivity contribution in [1.82, 2.24) is 4.98 Å². The molecule has 1 heterocycles. The van der Waals surface area contributed by atoms with E-state index in [0.717, 1.165) is 5.52 Å². The molecule has 0 aliphatic carbocycles. The summed E-state index contributed by atoms with van der Waals surface area (Å²) < 4.78 is 0. The fourth-order valence-electron chi connectivity index (χ4n) is 1.09. The van der Waals surface area contributed by atoms with Crippen LogP contribution in [0.15, 0.2) is 42.6 Å². The third-order valence-corrected chi connectivity index (χ3v) is 2.42. The number of nitrogens with zero attached hydrogens (tertiary/aromatic N) is 1. The first-order chi connectivity index (χ1) is 8.15. The van der Waals surface area contributed by atoms with Gasteiger partial charge < -0.3 is 10.8 Å². The van der Waals surface area contributed by atoms with Crippen molar-refractivity contribution < 1.29 is 9.90 Å². The summed E-state index contributed by atoms with van der Waals surface area (Å²) in [6, 6.07) is 11.3. The lowest BCUT2D eigenvalue weighted by atomic mass is 10.2. The smallest absolute Gasteiger partial charge is 0.321 e. The summed E-state index contributed by atoms with van der Waals surface area (Å²) >= 11 is 3.65. The summed E-state index contributed by atoms with van der Waals surface area (Å²) in [5.41, 5.74) is 6.00. The Bertz CT molecular complexity index is 425. The molecule has 1 aromatic carbocycles. The monoisotopic (exact) mass is 250 g/mol. The number of para-hydroxylation sites is 1. The van der Waals surface area contributed by atoms with Gasteiger partial charge >= 0.3 is 5.97 Å². The molecule has 5 heteroatoms. The molecule has 90 valence electrons. The predicted molar refractivity (Wildman–Crippen MR) is 71.2 cm³/mol. The number of fused-ring (bicyclic) bond motifs is 1. The zero-order valence-corrected chi connectivity index (χ0v) is 10.0. The number of hydrogen-bond donors (Lipinski definition) is 3. The summed E-state index contributed by atoms with van der Waals surface area (Å²) in [5, 5.41) is 9.21. The zero-order valence-electron chi connectivity index (χ0n) is 9.15. The van der Waals surface area contributed by atoms with Crippen LogP contribution in [0, 0.1) is 0 Å². The number of rotatable bonds is 2. The van der Waals surface area contributed by atoms with E-state index < -0.39 is 12.0 Å². The number of aromatic nitrogens is 1. The van der Waals surface area contributed by atoms with E-state index in [9.17, 15) is 4.79 Å². The van der Waals surface area contributed by atoms with Gasteiger partial charge in [-0.25, -0.2) is 0 Å². The van der Waals surface area contributed by atoms with Gasteiger partial charge in [0, 0.05) is 17.3 Å². The maximum absolute atomic E-state index is 9.76. The molecule has 3 N–H and O–H groups in total. The number of hydrogen-bond acceptors (Lipinski definition) is 4. The Balaban J connectivity index is 0.000000185. The maximum Gasteiger partial charge on any atom is 0.321 e. The number of aliphatic carboxylic acids is 1. The molecule has 0 spiro atoms. The molecule has 1 atom stereocenters. The molecule has 0 aliphatic rings. The minimum Gasteiger partial charge on any atom is -0.480 e. The lowest BCUT2D eigenvalue weighted by Gasteiger charge is -1.96. The predicted octanol–water partition coefficient (Wildman–Crippen LogP) is 1.56. The average molecular weight is 250 g/mol. The van der Waals surface area contributed by atoms with E-state index in [4.69, 9.17) is 10.8 Å². The zero-order chi connectivity index (χ0) is 12.7. The van der Waals surface area contributed by atoms with Crippen molar-refractivity contribution in [3.05, 3.63) is 42.6 Å². The molecular weight excluding hydrogens is 236 g/mol. The summed E-state index contributed by atoms with van der Waals surface area (Å²) in [7, 11) is 0. The van der Waals surface area contributed by atoms with Gasteiger partial charge in [0.25, 0.3) is 0 Å². The quantitative estimate of drug-likeness (QED) is 0.707. The number of nitrogens with two attached hydrogens (primary N) is 1. The molecule has 0 bridgehead atoms. The Morgan fingerprint density at radius 3 is 2.53 bits per heavy atom. The van der Waals surface area contributed by atoms with E-state index >= 15 is 0 Å². The second kappa shape index (κ2) is 6.88. The van der Waals surface area contributed by atoms with Crippen molar-refractivity contribution in [1.29, 1.82) is 0 Å². The highest BCUT2D eigenvalue weighted by molar-refractivity contribution is 7.80. The highest BCUT2D eigenvalue weighted by Crippen LogP contribution is 2.07. The van der Waals surface area contributed by atoms with Crippen molar-refractivity contribution >= 4 is 29.5 Å². The molecule has 0 aliphatic heterocycles. The van der Waals surface area contributed by atoms with Crippen LogP contribution in [0.4, 0.5) is 0 Å². The summed E-state index contributed by atoms with van der Waals surface area (Å²) in [4.78, 5) is 13.9. The van der Waals surface area contributed by atoms with Gasteiger partial charge in [0.15, 0.2) is 0 Å². The Morgan fingerprint density at radius 1 is 1.35 bits per heavy atom. The average Bonchev–Trinajstić information content (AvgIpc) is 2.38. The molecule has 1 aromatic heterocycles. The van der Waals surface area contributed by atoms with Crippen LogP contribution < -0.4 is 5.73 Å². The van der Waals surface area contributed by atoms with E-state index in [-0.39, 0.29) is 5.75 Å². The van der Waals surface area contributed by atoms with E-state index in [0.29, 0.717) is 0 Å². The lowest BCUT2D eigenvalue weighted by molar-refractivity contribution is -0.137. The van der Waals surface area contributed by atoms with E-state index in [1.165, 1.54) is 5.39 Å². The van der Waals surface area contributed by atoms with Gasteiger partial charge in [0.1, 0.15) is 6.04 Å². The van der Waals surface area contributed by atoms with Crippen LogP contribution in [-0.4, -0.2) is 27.9 Å². The van der Waals surface area contributed by atoms with Crippen molar-refractivity contribution in [3.8, 4) is 0 Å². The fourth-order valence-corrected chi connectivity index (χ4v) is 1.25. The SMILES string of the molecule is NC(CS)C(=O)O.c1ccc2ncccc2c1. The molecule has 0 amide bonds. The van der Waals surface area contributed by atoms with E-state index in [1.54, 1.807) is 0 Å². The highest BCUT2D eigenvalue weighted by atomic mass is 32.1. The first kappa shape index (κ1) is 13.5. The number of thiol groups is 1. The largest absolute Gasteiger partial charge is 0.480 e. The van der Waals surface area contributed by atoms with Gasteiger partial charge in [0.05, 0.1) is 5.52 Å². The van der Waals surface area contributed by atoms with Crippen LogP contribution in [0.25, 0.3) is 10.9 Å². The molecule has 0 saturated carbocycles. The van der Waals surface area contributed by atoms with Crippen molar-refractivity contribution in [3.63, 3.8) is 0 Å².